The average molecular weight is 469 g/mol. The third-order valence-corrected chi connectivity index (χ3v) is 6.88. The van der Waals surface area contributed by atoms with Crippen LogP contribution in [0.15, 0.2) is 47.4 Å². The molecule has 0 radical (unpaired) electrons. The molecule has 1 unspecified atom stereocenters. The number of nitrogens with one attached hydrogen (secondary N) is 1. The summed E-state index contributed by atoms with van der Waals surface area (Å²) in [5.74, 6) is 0.550. The number of carbonyl (C=O) groups is 1. The van der Waals surface area contributed by atoms with Crippen LogP contribution in [0.5, 0.6) is 11.5 Å². The number of halogens is 1. The first-order chi connectivity index (χ1) is 14.8. The van der Waals surface area contributed by atoms with Crippen molar-refractivity contribution in [3.05, 3.63) is 53.8 Å². The molecule has 10 heteroatoms. The summed E-state index contributed by atoms with van der Waals surface area (Å²) in [5, 5.41) is 0. The fourth-order valence-corrected chi connectivity index (χ4v) is 4.85. The number of nitrogens with zero attached hydrogens (tertiary/aromatic N) is 1. The topological polar surface area (TPSA) is 84.9 Å². The SMILES string of the molecule is CSCCC(NS(=O)(=O)c1ccc2c(c1)OCCO2)C(=O)N(C)Cc1ccccc1F. The zero-order chi connectivity index (χ0) is 22.4. The predicted octanol–water partition coefficient (Wildman–Crippen LogP) is 2.66. The Morgan fingerprint density at radius 3 is 2.61 bits per heavy atom. The number of rotatable bonds is 9. The maximum absolute atomic E-state index is 14.0. The lowest BCUT2D eigenvalue weighted by molar-refractivity contribution is -0.132. The van der Waals surface area contributed by atoms with E-state index in [1.807, 2.05) is 6.26 Å². The Labute approximate surface area is 186 Å². The molecule has 0 spiro atoms. The number of fused-ring (bicyclic) bond motifs is 1. The Hall–Kier alpha value is -2.30. The van der Waals surface area contributed by atoms with Crippen LogP contribution >= 0.6 is 11.8 Å². The van der Waals surface area contributed by atoms with Gasteiger partial charge in [0.2, 0.25) is 15.9 Å². The number of ether oxygens (including phenoxy) is 2. The molecule has 0 aromatic heterocycles. The summed E-state index contributed by atoms with van der Waals surface area (Å²) in [4.78, 5) is 14.3. The van der Waals surface area contributed by atoms with Gasteiger partial charge in [-0.25, -0.2) is 12.8 Å². The van der Waals surface area contributed by atoms with Crippen molar-refractivity contribution in [1.82, 2.24) is 9.62 Å². The molecule has 1 atom stereocenters. The van der Waals surface area contributed by atoms with Gasteiger partial charge in [-0.3, -0.25) is 4.79 Å². The highest BCUT2D eigenvalue weighted by Crippen LogP contribution is 2.32. The molecule has 0 bridgehead atoms. The van der Waals surface area contributed by atoms with E-state index < -0.39 is 27.8 Å². The third kappa shape index (κ3) is 5.90. The first-order valence-electron chi connectivity index (χ1n) is 9.71. The van der Waals surface area contributed by atoms with Crippen LogP contribution < -0.4 is 14.2 Å². The van der Waals surface area contributed by atoms with Gasteiger partial charge >= 0.3 is 0 Å². The molecule has 3 rings (SSSR count). The first-order valence-corrected chi connectivity index (χ1v) is 12.6. The summed E-state index contributed by atoms with van der Waals surface area (Å²) in [6.45, 7) is 0.767. The molecule has 1 amide bonds. The molecule has 0 fully saturated rings. The molecule has 2 aromatic rings. The fraction of sp³-hybridized carbons (Fsp3) is 0.381. The van der Waals surface area contributed by atoms with Crippen LogP contribution in [0.3, 0.4) is 0 Å². The summed E-state index contributed by atoms with van der Waals surface area (Å²) in [5.41, 5.74) is 0.358. The van der Waals surface area contributed by atoms with Crippen LogP contribution in [0.2, 0.25) is 0 Å². The van der Waals surface area contributed by atoms with Crippen LogP contribution in [-0.4, -0.2) is 57.5 Å². The van der Waals surface area contributed by atoms with Crippen molar-refractivity contribution in [2.24, 2.45) is 0 Å². The number of hydrogen-bond donors (Lipinski definition) is 1. The van der Waals surface area contributed by atoms with Gasteiger partial charge in [-0.15, -0.1) is 0 Å². The second kappa shape index (κ2) is 10.3. The van der Waals surface area contributed by atoms with Gasteiger partial charge in [0.15, 0.2) is 11.5 Å². The van der Waals surface area contributed by atoms with Crippen LogP contribution in [-0.2, 0) is 21.4 Å². The lowest BCUT2D eigenvalue weighted by atomic mass is 10.1. The minimum absolute atomic E-state index is 0.0181. The molecule has 2 aromatic carbocycles. The first kappa shape index (κ1) is 23.4. The van der Waals surface area contributed by atoms with Crippen LogP contribution in [0.25, 0.3) is 0 Å². The molecule has 31 heavy (non-hydrogen) atoms. The molecule has 1 aliphatic heterocycles. The van der Waals surface area contributed by atoms with Crippen molar-refractivity contribution in [3.8, 4) is 11.5 Å². The molecule has 7 nitrogen and oxygen atoms in total. The molecule has 1 aliphatic rings. The molecule has 0 saturated heterocycles. The molecule has 0 saturated carbocycles. The smallest absolute Gasteiger partial charge is 0.241 e. The lowest BCUT2D eigenvalue weighted by Gasteiger charge is -2.25. The molecule has 1 heterocycles. The quantitative estimate of drug-likeness (QED) is 0.609. The van der Waals surface area contributed by atoms with Crippen molar-refractivity contribution in [2.45, 2.75) is 23.9 Å². The van der Waals surface area contributed by atoms with E-state index in [9.17, 15) is 17.6 Å². The second-order valence-electron chi connectivity index (χ2n) is 7.05. The van der Waals surface area contributed by atoms with Crippen LogP contribution in [0.4, 0.5) is 4.39 Å². The van der Waals surface area contributed by atoms with E-state index in [2.05, 4.69) is 4.72 Å². The third-order valence-electron chi connectivity index (χ3n) is 4.77. The largest absolute Gasteiger partial charge is 0.486 e. The minimum Gasteiger partial charge on any atom is -0.486 e. The number of benzene rings is 2. The highest BCUT2D eigenvalue weighted by molar-refractivity contribution is 7.98. The zero-order valence-electron chi connectivity index (χ0n) is 17.3. The van der Waals surface area contributed by atoms with Crippen molar-refractivity contribution >= 4 is 27.7 Å². The van der Waals surface area contributed by atoms with E-state index in [4.69, 9.17) is 9.47 Å². The van der Waals surface area contributed by atoms with Crippen LogP contribution in [0.1, 0.15) is 12.0 Å². The Morgan fingerprint density at radius 2 is 1.90 bits per heavy atom. The maximum atomic E-state index is 14.0. The number of carbonyl (C=O) groups excluding carboxylic acids is 1. The molecular formula is C21H25FN2O5S2. The van der Waals surface area contributed by atoms with Gasteiger partial charge < -0.3 is 14.4 Å². The minimum atomic E-state index is -4.00. The summed E-state index contributed by atoms with van der Waals surface area (Å²) >= 11 is 1.50. The molecule has 1 N–H and O–H groups in total. The standard InChI is InChI=1S/C21H25FN2O5S2/c1-24(14-15-5-3-4-6-17(15)22)21(25)18(9-12-30-2)23-31(26,27)16-7-8-19-20(13-16)29-11-10-28-19/h3-8,13,18,23H,9-12,14H2,1-2H3. The Bertz CT molecular complexity index is 1030. The highest BCUT2D eigenvalue weighted by atomic mass is 32.2. The van der Waals surface area contributed by atoms with Crippen LogP contribution in [0, 0.1) is 5.82 Å². The molecule has 168 valence electrons. The zero-order valence-corrected chi connectivity index (χ0v) is 19.0. The summed E-state index contributed by atoms with van der Waals surface area (Å²) < 4.78 is 53.3. The number of hydrogen-bond acceptors (Lipinski definition) is 6. The highest BCUT2D eigenvalue weighted by Gasteiger charge is 2.29. The molecule has 0 aliphatic carbocycles. The van der Waals surface area contributed by atoms with Gasteiger partial charge in [-0.1, -0.05) is 18.2 Å². The average Bonchev–Trinajstić information content (AvgIpc) is 2.77. The van der Waals surface area contributed by atoms with Gasteiger partial charge in [0, 0.05) is 25.2 Å². The molecular weight excluding hydrogens is 443 g/mol. The van der Waals surface area contributed by atoms with E-state index in [1.54, 1.807) is 18.2 Å². The predicted molar refractivity (Wildman–Crippen MR) is 117 cm³/mol. The van der Waals surface area contributed by atoms with Crippen molar-refractivity contribution in [1.29, 1.82) is 0 Å². The van der Waals surface area contributed by atoms with Gasteiger partial charge in [0.25, 0.3) is 0 Å². The van der Waals surface area contributed by atoms with Gasteiger partial charge in [-0.2, -0.15) is 16.5 Å². The van der Waals surface area contributed by atoms with E-state index in [0.29, 0.717) is 42.4 Å². The fourth-order valence-electron chi connectivity index (χ4n) is 3.14. The number of thioether (sulfide) groups is 1. The van der Waals surface area contributed by atoms with E-state index in [-0.39, 0.29) is 11.4 Å². The Morgan fingerprint density at radius 1 is 1.19 bits per heavy atom. The monoisotopic (exact) mass is 468 g/mol. The maximum Gasteiger partial charge on any atom is 0.241 e. The summed E-state index contributed by atoms with van der Waals surface area (Å²) in [6, 6.07) is 9.52. The Kier molecular flexibility index (Phi) is 7.79. The van der Waals surface area contributed by atoms with E-state index >= 15 is 0 Å². The van der Waals surface area contributed by atoms with Gasteiger partial charge in [0.05, 0.1) is 4.90 Å². The van der Waals surface area contributed by atoms with E-state index in [0.717, 1.165) is 0 Å². The number of amides is 1. The van der Waals surface area contributed by atoms with Crippen molar-refractivity contribution in [2.75, 3.05) is 32.3 Å². The summed E-state index contributed by atoms with van der Waals surface area (Å²) in [7, 11) is -2.47. The normalized spacial score (nSPS) is 14.2. The Balaban J connectivity index is 1.78. The summed E-state index contributed by atoms with van der Waals surface area (Å²) in [6.07, 6.45) is 2.17. The van der Waals surface area contributed by atoms with Crippen molar-refractivity contribution in [3.63, 3.8) is 0 Å². The van der Waals surface area contributed by atoms with Gasteiger partial charge in [-0.05, 0) is 36.6 Å². The van der Waals surface area contributed by atoms with Gasteiger partial charge in [0.1, 0.15) is 25.1 Å². The second-order valence-corrected chi connectivity index (χ2v) is 9.75. The lowest BCUT2D eigenvalue weighted by Crippen LogP contribution is -2.47. The van der Waals surface area contributed by atoms with Crippen molar-refractivity contribution < 1.29 is 27.1 Å². The number of sulfonamides is 1. The number of likely N-dealkylation sites (N-methyl/N-ethyl adjacent to an activating group) is 1. The van der Waals surface area contributed by atoms with E-state index in [1.165, 1.54) is 48.0 Å².